The Morgan fingerprint density at radius 2 is 1.87 bits per heavy atom. The Kier molecular flexibility index (Phi) is 7.42. The minimum absolute atomic E-state index is 0.133. The summed E-state index contributed by atoms with van der Waals surface area (Å²) in [5, 5.41) is 9.63. The third kappa shape index (κ3) is 5.05. The average Bonchev–Trinajstić information content (AvgIpc) is 3.22. The molecule has 30 heavy (non-hydrogen) atoms. The van der Waals surface area contributed by atoms with Gasteiger partial charge in [0.2, 0.25) is 5.95 Å². The van der Waals surface area contributed by atoms with Crippen LogP contribution in [0.25, 0.3) is 0 Å². The van der Waals surface area contributed by atoms with Gasteiger partial charge in [-0.05, 0) is 24.8 Å². The molecule has 2 aromatic heterocycles. The Balaban J connectivity index is 1.48. The lowest BCUT2D eigenvalue weighted by Crippen LogP contribution is -2.28. The first-order chi connectivity index (χ1) is 14.6. The van der Waals surface area contributed by atoms with Gasteiger partial charge in [0, 0.05) is 42.8 Å². The fraction of sp³-hybridized carbons (Fsp3) is 0.684. The first-order valence-electron chi connectivity index (χ1n) is 10.2. The van der Waals surface area contributed by atoms with Gasteiger partial charge in [0.1, 0.15) is 11.9 Å². The Morgan fingerprint density at radius 3 is 2.57 bits per heavy atom. The second-order valence-electron chi connectivity index (χ2n) is 7.50. The molecule has 4 rings (SSSR count). The molecule has 11 heteroatoms. The summed E-state index contributed by atoms with van der Waals surface area (Å²) in [4.78, 5) is 8.70. The number of halogens is 1. The summed E-state index contributed by atoms with van der Waals surface area (Å²) in [6, 6.07) is 0.268. The molecular weight excluding hydrogens is 428 g/mol. The molecule has 2 aliphatic rings. The lowest BCUT2D eigenvalue weighted by molar-refractivity contribution is -0.0956. The summed E-state index contributed by atoms with van der Waals surface area (Å²) in [5.74, 6) is 2.44. The van der Waals surface area contributed by atoms with Crippen molar-refractivity contribution in [2.24, 2.45) is 0 Å². The minimum Gasteiger partial charge on any atom is -0.381 e. The van der Waals surface area contributed by atoms with E-state index in [0.717, 1.165) is 43.7 Å². The van der Waals surface area contributed by atoms with Gasteiger partial charge in [0.15, 0.2) is 5.82 Å². The van der Waals surface area contributed by atoms with Crippen LogP contribution in [0.3, 0.4) is 0 Å². The lowest BCUT2D eigenvalue weighted by atomic mass is 10.1. The summed E-state index contributed by atoms with van der Waals surface area (Å²) in [7, 11) is 0. The molecule has 4 heterocycles. The standard InChI is InChI=1S/C19H27ClN6O3S/c1-12(17-21-9-14(20)10-22-17)13(2)30-25-19-24-23-18(16-11-28-7-8-29-16)26(19)15-3-5-27-6-4-15/h9-10,12-13,15-16H,3-8,11H2,1-2H3,(H,24,25). The largest absolute Gasteiger partial charge is 0.381 e. The third-order valence-electron chi connectivity index (χ3n) is 5.47. The van der Waals surface area contributed by atoms with Crippen LogP contribution in [0, 0.1) is 0 Å². The number of ether oxygens (including phenoxy) is 3. The van der Waals surface area contributed by atoms with Crippen molar-refractivity contribution in [1.29, 1.82) is 0 Å². The van der Waals surface area contributed by atoms with Crippen LogP contribution < -0.4 is 4.72 Å². The number of nitrogens with one attached hydrogen (secondary N) is 1. The molecule has 0 aromatic carbocycles. The van der Waals surface area contributed by atoms with Gasteiger partial charge in [-0.25, -0.2) is 9.97 Å². The Morgan fingerprint density at radius 1 is 1.10 bits per heavy atom. The molecule has 0 spiro atoms. The van der Waals surface area contributed by atoms with E-state index in [-0.39, 0.29) is 23.3 Å². The summed E-state index contributed by atoms with van der Waals surface area (Å²) in [5.41, 5.74) is 0. The number of aromatic nitrogens is 5. The Hall–Kier alpha value is -1.46. The van der Waals surface area contributed by atoms with Crippen molar-refractivity contribution in [3.8, 4) is 0 Å². The van der Waals surface area contributed by atoms with Gasteiger partial charge in [-0.15, -0.1) is 10.2 Å². The van der Waals surface area contributed by atoms with Crippen molar-refractivity contribution in [3.05, 3.63) is 29.1 Å². The maximum absolute atomic E-state index is 5.91. The molecule has 2 aromatic rings. The quantitative estimate of drug-likeness (QED) is 0.631. The van der Waals surface area contributed by atoms with E-state index in [4.69, 9.17) is 25.8 Å². The Bertz CT molecular complexity index is 811. The zero-order chi connectivity index (χ0) is 20.9. The van der Waals surface area contributed by atoms with E-state index in [1.165, 1.54) is 0 Å². The van der Waals surface area contributed by atoms with Crippen LogP contribution >= 0.6 is 23.5 Å². The fourth-order valence-corrected chi connectivity index (χ4v) is 4.40. The maximum atomic E-state index is 5.91. The van der Waals surface area contributed by atoms with Crippen LogP contribution in [0.5, 0.6) is 0 Å². The molecule has 2 saturated heterocycles. The molecule has 0 saturated carbocycles. The third-order valence-corrected chi connectivity index (χ3v) is 6.75. The van der Waals surface area contributed by atoms with E-state index in [1.54, 1.807) is 24.3 Å². The fourth-order valence-electron chi connectivity index (χ4n) is 3.55. The van der Waals surface area contributed by atoms with Crippen molar-refractivity contribution in [2.45, 2.75) is 50.0 Å². The highest BCUT2D eigenvalue weighted by Crippen LogP contribution is 2.33. The molecular formula is C19H27ClN6O3S. The summed E-state index contributed by atoms with van der Waals surface area (Å²) in [6.45, 7) is 7.38. The van der Waals surface area contributed by atoms with E-state index in [9.17, 15) is 0 Å². The van der Waals surface area contributed by atoms with Crippen molar-refractivity contribution in [3.63, 3.8) is 0 Å². The van der Waals surface area contributed by atoms with Gasteiger partial charge in [0.05, 0.1) is 24.8 Å². The van der Waals surface area contributed by atoms with Gasteiger partial charge < -0.3 is 14.2 Å². The van der Waals surface area contributed by atoms with Gasteiger partial charge in [-0.3, -0.25) is 9.29 Å². The molecule has 164 valence electrons. The van der Waals surface area contributed by atoms with Crippen molar-refractivity contribution in [2.75, 3.05) is 37.8 Å². The predicted molar refractivity (Wildman–Crippen MR) is 115 cm³/mol. The molecule has 9 nitrogen and oxygen atoms in total. The highest BCUT2D eigenvalue weighted by molar-refractivity contribution is 8.01. The molecule has 0 amide bonds. The number of hydrogen-bond donors (Lipinski definition) is 1. The van der Waals surface area contributed by atoms with Crippen molar-refractivity contribution in [1.82, 2.24) is 24.7 Å². The second-order valence-corrected chi connectivity index (χ2v) is 9.12. The summed E-state index contributed by atoms with van der Waals surface area (Å²) in [6.07, 6.45) is 4.90. The molecule has 0 aliphatic carbocycles. The van der Waals surface area contributed by atoms with Gasteiger partial charge >= 0.3 is 0 Å². The minimum atomic E-state index is -0.201. The highest BCUT2D eigenvalue weighted by atomic mass is 35.5. The van der Waals surface area contributed by atoms with Crippen molar-refractivity contribution < 1.29 is 14.2 Å². The van der Waals surface area contributed by atoms with Crippen LogP contribution in [0.4, 0.5) is 5.95 Å². The van der Waals surface area contributed by atoms with E-state index in [1.807, 2.05) is 0 Å². The Labute approximate surface area is 185 Å². The summed E-state index contributed by atoms with van der Waals surface area (Å²) < 4.78 is 22.6. The lowest BCUT2D eigenvalue weighted by Gasteiger charge is -2.29. The van der Waals surface area contributed by atoms with E-state index in [2.05, 4.69) is 43.3 Å². The number of rotatable bonds is 7. The summed E-state index contributed by atoms with van der Waals surface area (Å²) >= 11 is 7.49. The topological polar surface area (TPSA) is 96.2 Å². The van der Waals surface area contributed by atoms with Crippen molar-refractivity contribution >= 4 is 29.5 Å². The average molecular weight is 455 g/mol. The zero-order valence-corrected chi connectivity index (χ0v) is 18.7. The molecule has 2 aliphatic heterocycles. The monoisotopic (exact) mass is 454 g/mol. The van der Waals surface area contributed by atoms with E-state index >= 15 is 0 Å². The van der Waals surface area contributed by atoms with Gasteiger partial charge in [0.25, 0.3) is 0 Å². The number of hydrogen-bond acceptors (Lipinski definition) is 9. The molecule has 0 bridgehead atoms. The van der Waals surface area contributed by atoms with Crippen LogP contribution in [0.15, 0.2) is 12.4 Å². The van der Waals surface area contributed by atoms with Gasteiger partial charge in [-0.2, -0.15) is 0 Å². The molecule has 2 fully saturated rings. The highest BCUT2D eigenvalue weighted by Gasteiger charge is 2.30. The van der Waals surface area contributed by atoms with E-state index in [0.29, 0.717) is 24.8 Å². The van der Waals surface area contributed by atoms with E-state index < -0.39 is 0 Å². The second kappa shape index (κ2) is 10.2. The van der Waals surface area contributed by atoms with Crippen LogP contribution in [-0.4, -0.2) is 63.0 Å². The first-order valence-corrected chi connectivity index (χ1v) is 11.5. The molecule has 1 N–H and O–H groups in total. The number of nitrogens with zero attached hydrogens (tertiary/aromatic N) is 5. The normalized spacial score (nSPS) is 22.6. The molecule has 0 radical (unpaired) electrons. The first kappa shape index (κ1) is 21.8. The van der Waals surface area contributed by atoms with Gasteiger partial charge in [-0.1, -0.05) is 25.4 Å². The van der Waals surface area contributed by atoms with Crippen LogP contribution in [-0.2, 0) is 14.2 Å². The predicted octanol–water partition coefficient (Wildman–Crippen LogP) is 3.41. The smallest absolute Gasteiger partial charge is 0.234 e. The molecule has 3 atom stereocenters. The number of anilines is 1. The zero-order valence-electron chi connectivity index (χ0n) is 17.2. The molecule has 3 unspecified atom stereocenters. The SMILES string of the molecule is CC(SNc1nnc(C2COCCO2)n1C1CCOCC1)C(C)c1ncc(Cl)cn1. The van der Waals surface area contributed by atoms with Crippen LogP contribution in [0.2, 0.25) is 5.02 Å². The van der Waals surface area contributed by atoms with Crippen LogP contribution in [0.1, 0.15) is 56.4 Å². The maximum Gasteiger partial charge on any atom is 0.234 e.